The van der Waals surface area contributed by atoms with Gasteiger partial charge in [-0.25, -0.2) is 0 Å². The summed E-state index contributed by atoms with van der Waals surface area (Å²) in [7, 11) is 0. The normalized spacial score (nSPS) is 12.0. The molecule has 110 valence electrons. The number of thioether (sulfide) groups is 1. The lowest BCUT2D eigenvalue weighted by Gasteiger charge is -2.14. The molecule has 1 amide bonds. The second-order valence-electron chi connectivity index (χ2n) is 4.84. The molecule has 2 aromatic rings. The molecule has 1 atom stereocenters. The van der Waals surface area contributed by atoms with Gasteiger partial charge >= 0.3 is 0 Å². The first kappa shape index (κ1) is 15.9. The maximum absolute atomic E-state index is 12.2. The lowest BCUT2D eigenvalue weighted by Crippen LogP contribution is -2.23. The Morgan fingerprint density at radius 1 is 1.19 bits per heavy atom. The summed E-state index contributed by atoms with van der Waals surface area (Å²) in [6.07, 6.45) is 0. The molecule has 0 aliphatic carbocycles. The monoisotopic (exact) mass is 319 g/mol. The van der Waals surface area contributed by atoms with Gasteiger partial charge < -0.3 is 5.32 Å². The van der Waals surface area contributed by atoms with Gasteiger partial charge in [0.1, 0.15) is 0 Å². The van der Waals surface area contributed by atoms with Gasteiger partial charge in [-0.3, -0.25) is 4.79 Å². The van der Waals surface area contributed by atoms with Crippen LogP contribution in [0.3, 0.4) is 0 Å². The van der Waals surface area contributed by atoms with Gasteiger partial charge in [-0.05, 0) is 37.1 Å². The highest BCUT2D eigenvalue weighted by Crippen LogP contribution is 2.24. The van der Waals surface area contributed by atoms with Gasteiger partial charge in [-0.1, -0.05) is 48.0 Å². The summed E-state index contributed by atoms with van der Waals surface area (Å²) in [5, 5.41) is 3.49. The molecule has 2 rings (SSSR count). The maximum Gasteiger partial charge on any atom is 0.237 e. The Hall–Kier alpha value is -1.45. The van der Waals surface area contributed by atoms with Crippen LogP contribution < -0.4 is 5.32 Å². The molecule has 21 heavy (non-hydrogen) atoms. The molecule has 4 heteroatoms. The molecule has 0 aliphatic heterocycles. The van der Waals surface area contributed by atoms with E-state index in [-0.39, 0.29) is 11.2 Å². The van der Waals surface area contributed by atoms with E-state index in [4.69, 9.17) is 11.6 Å². The molecular formula is C17H18ClNOS. The van der Waals surface area contributed by atoms with Crippen LogP contribution in [-0.2, 0) is 10.5 Å². The number of nitrogens with one attached hydrogen (secondary N) is 1. The third kappa shape index (κ3) is 4.51. The second kappa shape index (κ2) is 7.53. The number of anilines is 1. The minimum atomic E-state index is -0.122. The van der Waals surface area contributed by atoms with Crippen molar-refractivity contribution in [1.82, 2.24) is 0 Å². The average Bonchev–Trinajstić information content (AvgIpc) is 2.50. The van der Waals surface area contributed by atoms with Crippen LogP contribution in [0.5, 0.6) is 0 Å². The van der Waals surface area contributed by atoms with E-state index >= 15 is 0 Å². The minimum absolute atomic E-state index is 0.00120. The van der Waals surface area contributed by atoms with Gasteiger partial charge in [0.25, 0.3) is 0 Å². The van der Waals surface area contributed by atoms with Crippen molar-refractivity contribution in [3.8, 4) is 0 Å². The quantitative estimate of drug-likeness (QED) is 0.848. The van der Waals surface area contributed by atoms with Gasteiger partial charge in [-0.15, -0.1) is 11.8 Å². The summed E-state index contributed by atoms with van der Waals surface area (Å²) < 4.78 is 0. The maximum atomic E-state index is 12.2. The van der Waals surface area contributed by atoms with E-state index in [1.807, 2.05) is 50.2 Å². The predicted octanol–water partition coefficient (Wildman–Crippen LogP) is 4.91. The Morgan fingerprint density at radius 2 is 1.90 bits per heavy atom. The SMILES string of the molecule is Cc1c(Cl)cccc1NC(=O)C(C)SCc1ccccc1. The number of benzene rings is 2. The van der Waals surface area contributed by atoms with Crippen LogP contribution in [0.15, 0.2) is 48.5 Å². The lowest BCUT2D eigenvalue weighted by atomic mass is 10.2. The summed E-state index contributed by atoms with van der Waals surface area (Å²) >= 11 is 7.68. The number of amides is 1. The molecule has 0 fully saturated rings. The summed E-state index contributed by atoms with van der Waals surface area (Å²) in [5.74, 6) is 0.825. The Labute approximate surface area is 134 Å². The number of carbonyl (C=O) groups excluding carboxylic acids is 1. The molecule has 0 aliphatic rings. The van der Waals surface area contributed by atoms with Crippen LogP contribution in [0.2, 0.25) is 5.02 Å². The van der Waals surface area contributed by atoms with Gasteiger partial charge in [0.15, 0.2) is 0 Å². The summed E-state index contributed by atoms with van der Waals surface area (Å²) in [6.45, 7) is 3.82. The van der Waals surface area contributed by atoms with Crippen molar-refractivity contribution in [3.63, 3.8) is 0 Å². The van der Waals surface area contributed by atoms with Crippen molar-refractivity contribution in [2.45, 2.75) is 24.9 Å². The molecule has 2 nitrogen and oxygen atoms in total. The number of halogens is 1. The molecule has 0 heterocycles. The van der Waals surface area contributed by atoms with E-state index in [1.165, 1.54) is 5.56 Å². The fourth-order valence-electron chi connectivity index (χ4n) is 1.85. The van der Waals surface area contributed by atoms with E-state index in [2.05, 4.69) is 17.4 Å². The molecule has 1 unspecified atom stereocenters. The average molecular weight is 320 g/mol. The standard InChI is InChI=1S/C17H18ClNOS/c1-12-15(18)9-6-10-16(12)19-17(20)13(2)21-11-14-7-4-3-5-8-14/h3-10,13H,11H2,1-2H3,(H,19,20). The van der Waals surface area contributed by atoms with Gasteiger partial charge in [-0.2, -0.15) is 0 Å². The van der Waals surface area contributed by atoms with Crippen molar-refractivity contribution in [2.75, 3.05) is 5.32 Å². The predicted molar refractivity (Wildman–Crippen MR) is 92.0 cm³/mol. The lowest BCUT2D eigenvalue weighted by molar-refractivity contribution is -0.115. The molecule has 1 N–H and O–H groups in total. The molecule has 0 radical (unpaired) electrons. The number of hydrogen-bond donors (Lipinski definition) is 1. The molecule has 0 bridgehead atoms. The highest BCUT2D eigenvalue weighted by molar-refractivity contribution is 7.99. The number of carbonyl (C=O) groups is 1. The molecular weight excluding hydrogens is 302 g/mol. The molecule has 0 aromatic heterocycles. The van der Waals surface area contributed by atoms with Crippen LogP contribution >= 0.6 is 23.4 Å². The summed E-state index contributed by atoms with van der Waals surface area (Å²) in [4.78, 5) is 12.2. The second-order valence-corrected chi connectivity index (χ2v) is 6.58. The Morgan fingerprint density at radius 3 is 2.62 bits per heavy atom. The fraction of sp³-hybridized carbons (Fsp3) is 0.235. The first-order valence-corrected chi connectivity index (χ1v) is 8.22. The van der Waals surface area contributed by atoms with Gasteiger partial charge in [0, 0.05) is 16.5 Å². The molecule has 0 saturated carbocycles. The van der Waals surface area contributed by atoms with E-state index < -0.39 is 0 Å². The molecule has 2 aromatic carbocycles. The van der Waals surface area contributed by atoms with Crippen LogP contribution in [0.25, 0.3) is 0 Å². The first-order chi connectivity index (χ1) is 10.1. The Bertz CT molecular complexity index is 615. The third-order valence-corrected chi connectivity index (χ3v) is 4.86. The number of hydrogen-bond acceptors (Lipinski definition) is 2. The van der Waals surface area contributed by atoms with Gasteiger partial charge in [0.05, 0.1) is 5.25 Å². The zero-order valence-corrected chi connectivity index (χ0v) is 13.7. The highest BCUT2D eigenvalue weighted by Gasteiger charge is 2.15. The van der Waals surface area contributed by atoms with E-state index in [1.54, 1.807) is 11.8 Å². The molecule has 0 saturated heterocycles. The van der Waals surface area contributed by atoms with Crippen LogP contribution in [0.1, 0.15) is 18.1 Å². The minimum Gasteiger partial charge on any atom is -0.325 e. The third-order valence-electron chi connectivity index (χ3n) is 3.24. The Balaban J connectivity index is 1.92. The zero-order chi connectivity index (χ0) is 15.2. The van der Waals surface area contributed by atoms with E-state index in [0.717, 1.165) is 17.0 Å². The first-order valence-electron chi connectivity index (χ1n) is 6.79. The van der Waals surface area contributed by atoms with Crippen molar-refractivity contribution >= 4 is 35.0 Å². The van der Waals surface area contributed by atoms with Crippen LogP contribution in [0.4, 0.5) is 5.69 Å². The summed E-state index contributed by atoms with van der Waals surface area (Å²) in [5.41, 5.74) is 2.90. The highest BCUT2D eigenvalue weighted by atomic mass is 35.5. The van der Waals surface area contributed by atoms with E-state index in [0.29, 0.717) is 5.02 Å². The Kier molecular flexibility index (Phi) is 5.71. The van der Waals surface area contributed by atoms with Crippen LogP contribution in [0, 0.1) is 6.92 Å². The largest absolute Gasteiger partial charge is 0.325 e. The fourth-order valence-corrected chi connectivity index (χ4v) is 2.87. The summed E-state index contributed by atoms with van der Waals surface area (Å²) in [6, 6.07) is 15.7. The number of rotatable bonds is 5. The smallest absolute Gasteiger partial charge is 0.237 e. The van der Waals surface area contributed by atoms with Gasteiger partial charge in [0.2, 0.25) is 5.91 Å². The van der Waals surface area contributed by atoms with Crippen LogP contribution in [-0.4, -0.2) is 11.2 Å². The van der Waals surface area contributed by atoms with Crippen molar-refractivity contribution in [1.29, 1.82) is 0 Å². The topological polar surface area (TPSA) is 29.1 Å². The van der Waals surface area contributed by atoms with Crippen molar-refractivity contribution in [2.24, 2.45) is 0 Å². The molecule has 0 spiro atoms. The van der Waals surface area contributed by atoms with E-state index in [9.17, 15) is 4.79 Å². The zero-order valence-electron chi connectivity index (χ0n) is 12.1. The van der Waals surface area contributed by atoms with Crippen molar-refractivity contribution < 1.29 is 4.79 Å². The van der Waals surface area contributed by atoms with Crippen molar-refractivity contribution in [3.05, 3.63) is 64.7 Å².